The summed E-state index contributed by atoms with van der Waals surface area (Å²) in [4.78, 5) is 0. The van der Waals surface area contributed by atoms with Crippen LogP contribution in [0.2, 0.25) is 0 Å². The summed E-state index contributed by atoms with van der Waals surface area (Å²) in [5, 5.41) is 3.47. The van der Waals surface area contributed by atoms with Crippen molar-refractivity contribution in [2.45, 2.75) is 58.0 Å². The van der Waals surface area contributed by atoms with Crippen LogP contribution in [0.1, 0.15) is 46.5 Å². The molecule has 0 radical (unpaired) electrons. The Morgan fingerprint density at radius 1 is 1.43 bits per heavy atom. The molecule has 3 nitrogen and oxygen atoms in total. The Bertz CT molecular complexity index is 134. The van der Waals surface area contributed by atoms with E-state index in [1.165, 1.54) is 0 Å². The van der Waals surface area contributed by atoms with Gasteiger partial charge in [-0.3, -0.25) is 0 Å². The van der Waals surface area contributed by atoms with Crippen molar-refractivity contribution >= 4 is 0 Å². The van der Waals surface area contributed by atoms with Gasteiger partial charge in [-0.05, 0) is 52.6 Å². The van der Waals surface area contributed by atoms with E-state index in [1.807, 2.05) is 0 Å². The van der Waals surface area contributed by atoms with Crippen LogP contribution in [-0.4, -0.2) is 24.7 Å². The van der Waals surface area contributed by atoms with Crippen molar-refractivity contribution < 1.29 is 0 Å². The van der Waals surface area contributed by atoms with E-state index in [-0.39, 0.29) is 5.54 Å². The maximum absolute atomic E-state index is 6.04. The van der Waals surface area contributed by atoms with Crippen molar-refractivity contribution in [1.82, 2.24) is 5.32 Å². The predicted molar refractivity (Wildman–Crippen MR) is 63.3 cm³/mol. The third kappa shape index (κ3) is 7.30. The highest BCUT2D eigenvalue weighted by molar-refractivity contribution is 4.77. The molecule has 0 aromatic heterocycles. The fourth-order valence-electron chi connectivity index (χ4n) is 1.31. The van der Waals surface area contributed by atoms with Gasteiger partial charge in [0.05, 0.1) is 0 Å². The van der Waals surface area contributed by atoms with Crippen LogP contribution in [0.4, 0.5) is 0 Å². The molecule has 86 valence electrons. The molecule has 0 aliphatic carbocycles. The van der Waals surface area contributed by atoms with Crippen LogP contribution in [-0.2, 0) is 0 Å². The lowest BCUT2D eigenvalue weighted by Gasteiger charge is -2.24. The van der Waals surface area contributed by atoms with Gasteiger partial charge in [0.15, 0.2) is 0 Å². The Balaban J connectivity index is 3.43. The molecule has 0 fully saturated rings. The third-order valence-corrected chi connectivity index (χ3v) is 2.84. The lowest BCUT2D eigenvalue weighted by Crippen LogP contribution is -2.40. The van der Waals surface area contributed by atoms with E-state index in [9.17, 15) is 0 Å². The van der Waals surface area contributed by atoms with Crippen molar-refractivity contribution in [3.05, 3.63) is 0 Å². The fraction of sp³-hybridized carbons (Fsp3) is 1.00. The second kappa shape index (κ2) is 7.21. The molecule has 3 heteroatoms. The zero-order chi connectivity index (χ0) is 11.0. The molecule has 0 saturated carbocycles. The molecule has 2 unspecified atom stereocenters. The molecule has 14 heavy (non-hydrogen) atoms. The van der Waals surface area contributed by atoms with Crippen LogP contribution in [0.15, 0.2) is 0 Å². The fourth-order valence-corrected chi connectivity index (χ4v) is 1.31. The minimum Gasteiger partial charge on any atom is -0.330 e. The first-order valence-corrected chi connectivity index (χ1v) is 5.74. The number of nitrogens with one attached hydrogen (secondary N) is 1. The highest BCUT2D eigenvalue weighted by Gasteiger charge is 2.14. The Labute approximate surface area is 88.6 Å². The SMILES string of the molecule is CCC(C)(N)CCNC(C)CCCN. The molecular formula is C11H27N3. The summed E-state index contributed by atoms with van der Waals surface area (Å²) in [6, 6.07) is 0.561. The third-order valence-electron chi connectivity index (χ3n) is 2.84. The topological polar surface area (TPSA) is 64.1 Å². The lowest BCUT2D eigenvalue weighted by molar-refractivity contribution is 0.386. The van der Waals surface area contributed by atoms with Gasteiger partial charge in [-0.15, -0.1) is 0 Å². The molecule has 0 aromatic carbocycles. The van der Waals surface area contributed by atoms with Crippen molar-refractivity contribution in [2.24, 2.45) is 11.5 Å². The maximum atomic E-state index is 6.04. The molecule has 0 aromatic rings. The van der Waals surface area contributed by atoms with Gasteiger partial charge in [0, 0.05) is 11.6 Å². The monoisotopic (exact) mass is 201 g/mol. The first kappa shape index (κ1) is 13.9. The van der Waals surface area contributed by atoms with Gasteiger partial charge in [0.25, 0.3) is 0 Å². The van der Waals surface area contributed by atoms with Crippen LogP contribution in [0.25, 0.3) is 0 Å². The summed E-state index contributed by atoms with van der Waals surface area (Å²) in [5.74, 6) is 0. The van der Waals surface area contributed by atoms with Crippen molar-refractivity contribution in [1.29, 1.82) is 0 Å². The molecule has 0 aliphatic heterocycles. The number of rotatable bonds is 8. The Morgan fingerprint density at radius 3 is 2.57 bits per heavy atom. The highest BCUT2D eigenvalue weighted by atomic mass is 14.9. The van der Waals surface area contributed by atoms with Crippen molar-refractivity contribution in [3.8, 4) is 0 Å². The zero-order valence-electron chi connectivity index (χ0n) is 9.97. The van der Waals surface area contributed by atoms with E-state index in [2.05, 4.69) is 26.1 Å². The summed E-state index contributed by atoms with van der Waals surface area (Å²) < 4.78 is 0. The van der Waals surface area contributed by atoms with Gasteiger partial charge in [0.1, 0.15) is 0 Å². The van der Waals surface area contributed by atoms with Gasteiger partial charge in [0.2, 0.25) is 0 Å². The quantitative estimate of drug-likeness (QED) is 0.553. The van der Waals surface area contributed by atoms with Gasteiger partial charge >= 0.3 is 0 Å². The standard InChI is InChI=1S/C11H27N3/c1-4-11(3,13)7-9-14-10(2)6-5-8-12/h10,14H,4-9,12-13H2,1-3H3. The average molecular weight is 201 g/mol. The first-order valence-electron chi connectivity index (χ1n) is 5.74. The second-order valence-corrected chi connectivity index (χ2v) is 4.54. The lowest BCUT2D eigenvalue weighted by atomic mass is 9.96. The number of hydrogen-bond acceptors (Lipinski definition) is 3. The van der Waals surface area contributed by atoms with E-state index in [4.69, 9.17) is 11.5 Å². The van der Waals surface area contributed by atoms with E-state index in [0.717, 1.165) is 38.8 Å². The van der Waals surface area contributed by atoms with Crippen LogP contribution in [0, 0.1) is 0 Å². The maximum Gasteiger partial charge on any atom is 0.0135 e. The van der Waals surface area contributed by atoms with Crippen LogP contribution < -0.4 is 16.8 Å². The van der Waals surface area contributed by atoms with E-state index in [0.29, 0.717) is 6.04 Å². The molecule has 2 atom stereocenters. The molecule has 0 aliphatic rings. The average Bonchev–Trinajstić information content (AvgIpc) is 2.14. The summed E-state index contributed by atoms with van der Waals surface area (Å²) in [6.45, 7) is 8.24. The van der Waals surface area contributed by atoms with E-state index >= 15 is 0 Å². The molecule has 0 amide bonds. The summed E-state index contributed by atoms with van der Waals surface area (Å²) in [5.41, 5.74) is 11.5. The van der Waals surface area contributed by atoms with Gasteiger partial charge < -0.3 is 16.8 Å². The second-order valence-electron chi connectivity index (χ2n) is 4.54. The Morgan fingerprint density at radius 2 is 2.07 bits per heavy atom. The highest BCUT2D eigenvalue weighted by Crippen LogP contribution is 2.09. The summed E-state index contributed by atoms with van der Waals surface area (Å²) >= 11 is 0. The minimum atomic E-state index is -0.0133. The summed E-state index contributed by atoms with van der Waals surface area (Å²) in [6.07, 6.45) is 4.33. The van der Waals surface area contributed by atoms with Crippen LogP contribution in [0.5, 0.6) is 0 Å². The van der Waals surface area contributed by atoms with Crippen LogP contribution >= 0.6 is 0 Å². The molecule has 0 spiro atoms. The first-order chi connectivity index (χ1) is 6.52. The minimum absolute atomic E-state index is 0.0133. The molecule has 0 heterocycles. The smallest absolute Gasteiger partial charge is 0.0135 e. The molecule has 0 saturated heterocycles. The largest absolute Gasteiger partial charge is 0.330 e. The molecule has 0 rings (SSSR count). The van der Waals surface area contributed by atoms with Crippen molar-refractivity contribution in [3.63, 3.8) is 0 Å². The predicted octanol–water partition coefficient (Wildman–Crippen LogP) is 1.22. The van der Waals surface area contributed by atoms with E-state index in [1.54, 1.807) is 0 Å². The molecule has 0 bridgehead atoms. The van der Waals surface area contributed by atoms with Crippen LogP contribution in [0.3, 0.4) is 0 Å². The number of hydrogen-bond donors (Lipinski definition) is 3. The Kier molecular flexibility index (Phi) is 7.15. The normalized spacial score (nSPS) is 17.8. The van der Waals surface area contributed by atoms with Crippen molar-refractivity contribution in [2.75, 3.05) is 13.1 Å². The van der Waals surface area contributed by atoms with Gasteiger partial charge in [-0.1, -0.05) is 6.92 Å². The Hall–Kier alpha value is -0.120. The number of nitrogens with two attached hydrogens (primary N) is 2. The molecule has 5 N–H and O–H groups in total. The van der Waals surface area contributed by atoms with Gasteiger partial charge in [-0.25, -0.2) is 0 Å². The van der Waals surface area contributed by atoms with Gasteiger partial charge in [-0.2, -0.15) is 0 Å². The zero-order valence-corrected chi connectivity index (χ0v) is 9.97. The summed E-state index contributed by atoms with van der Waals surface area (Å²) in [7, 11) is 0. The van der Waals surface area contributed by atoms with E-state index < -0.39 is 0 Å². The molecular weight excluding hydrogens is 174 g/mol.